The van der Waals surface area contributed by atoms with E-state index in [4.69, 9.17) is 4.74 Å². The second-order valence-electron chi connectivity index (χ2n) is 14.7. The molecule has 9 heteroatoms. The van der Waals surface area contributed by atoms with Crippen LogP contribution in [0.25, 0.3) is 0 Å². The van der Waals surface area contributed by atoms with E-state index in [1.165, 1.54) is 27.2 Å². The van der Waals surface area contributed by atoms with Crippen molar-refractivity contribution in [3.05, 3.63) is 125 Å². The van der Waals surface area contributed by atoms with Gasteiger partial charge in [-0.1, -0.05) is 48.5 Å². The molecule has 2 N–H and O–H groups in total. The molecule has 0 bridgehead atoms. The largest absolute Gasteiger partial charge is 0.508 e. The van der Waals surface area contributed by atoms with E-state index in [2.05, 4.69) is 75.8 Å². The first-order valence-electron chi connectivity index (χ1n) is 19.1. The Bertz CT molecular complexity index is 1870. The summed E-state index contributed by atoms with van der Waals surface area (Å²) in [5, 5.41) is 12.5. The number of aromatic hydroxyl groups is 1. The molecule has 4 aromatic carbocycles. The molecule has 3 amide bonds. The van der Waals surface area contributed by atoms with Crippen molar-refractivity contribution in [1.29, 1.82) is 0 Å². The summed E-state index contributed by atoms with van der Waals surface area (Å²) in [5.74, 6) is 0.931. The zero-order valence-electron chi connectivity index (χ0n) is 30.6. The summed E-state index contributed by atoms with van der Waals surface area (Å²) in [6.45, 7) is 5.64. The number of nitrogens with one attached hydrogen (secondary N) is 1. The third-order valence-corrected chi connectivity index (χ3v) is 11.3. The van der Waals surface area contributed by atoms with E-state index in [9.17, 15) is 19.5 Å². The minimum atomic E-state index is -0.629. The number of piperazine rings is 1. The van der Waals surface area contributed by atoms with E-state index in [1.54, 1.807) is 7.05 Å². The Morgan fingerprint density at radius 1 is 0.830 bits per heavy atom. The molecule has 0 spiro atoms. The molecule has 0 saturated carbocycles. The Morgan fingerprint density at radius 3 is 2.32 bits per heavy atom. The highest BCUT2D eigenvalue weighted by molar-refractivity contribution is 6.03. The number of rotatable bonds is 12. The third kappa shape index (κ3) is 8.57. The first kappa shape index (κ1) is 36.2. The number of benzene rings is 4. The van der Waals surface area contributed by atoms with Gasteiger partial charge < -0.3 is 19.6 Å². The molecule has 2 heterocycles. The third-order valence-electron chi connectivity index (χ3n) is 11.3. The Hall–Kier alpha value is -5.15. The highest BCUT2D eigenvalue weighted by Gasteiger charge is 2.33. The predicted molar refractivity (Wildman–Crippen MR) is 207 cm³/mol. The minimum absolute atomic E-state index is 0.222. The van der Waals surface area contributed by atoms with Crippen LogP contribution in [-0.4, -0.2) is 85.0 Å². The van der Waals surface area contributed by atoms with Gasteiger partial charge in [-0.2, -0.15) is 0 Å². The summed E-state index contributed by atoms with van der Waals surface area (Å²) < 4.78 is 6.17. The number of aryl methyl sites for hydroxylation is 1. The van der Waals surface area contributed by atoms with Crippen LogP contribution in [0.3, 0.4) is 0 Å². The van der Waals surface area contributed by atoms with Gasteiger partial charge in [0.25, 0.3) is 5.91 Å². The Labute approximate surface area is 312 Å². The fourth-order valence-electron chi connectivity index (χ4n) is 8.29. The number of imide groups is 1. The molecule has 9 nitrogen and oxygen atoms in total. The average molecular weight is 715 g/mol. The molecule has 53 heavy (non-hydrogen) atoms. The average Bonchev–Trinajstić information content (AvgIpc) is 3.19. The summed E-state index contributed by atoms with van der Waals surface area (Å²) in [6, 6.07) is 32.3. The van der Waals surface area contributed by atoms with Crippen LogP contribution in [0.1, 0.15) is 83.0 Å². The SMILES string of the molecule is CN(C(=O)c1ccc(N2CCN(CCCCCOc3ccc([C@@H]4c5ccc(O)cc5CC[C@@H]4c4ccccc4)cc3)CC2)cc1)[C@@H]1CCC(=O)NC1=O. The normalized spacial score (nSPS) is 20.4. The zero-order valence-corrected chi connectivity index (χ0v) is 30.6. The van der Waals surface area contributed by atoms with Gasteiger partial charge in [-0.15, -0.1) is 0 Å². The maximum atomic E-state index is 13.0. The zero-order chi connectivity index (χ0) is 36.7. The van der Waals surface area contributed by atoms with Gasteiger partial charge in [0, 0.05) is 56.8 Å². The number of phenolic OH excluding ortho intramolecular Hbond substituents is 1. The topological polar surface area (TPSA) is 102 Å². The molecule has 4 aromatic rings. The van der Waals surface area contributed by atoms with Crippen LogP contribution in [0.4, 0.5) is 5.69 Å². The molecular weight excluding hydrogens is 665 g/mol. The van der Waals surface area contributed by atoms with Gasteiger partial charge in [-0.3, -0.25) is 24.6 Å². The second-order valence-corrected chi connectivity index (χ2v) is 14.7. The van der Waals surface area contributed by atoms with Crippen LogP contribution in [0, 0.1) is 0 Å². The number of nitrogens with zero attached hydrogens (tertiary/aromatic N) is 3. The van der Waals surface area contributed by atoms with E-state index in [0.29, 0.717) is 30.3 Å². The molecule has 276 valence electrons. The van der Waals surface area contributed by atoms with Crippen molar-refractivity contribution in [2.24, 2.45) is 0 Å². The Balaban J connectivity index is 0.825. The summed E-state index contributed by atoms with van der Waals surface area (Å²) in [5.41, 5.74) is 6.80. The van der Waals surface area contributed by atoms with Gasteiger partial charge in [-0.05, 0) is 122 Å². The van der Waals surface area contributed by atoms with E-state index in [1.807, 2.05) is 36.4 Å². The highest BCUT2D eigenvalue weighted by Crippen LogP contribution is 2.47. The lowest BCUT2D eigenvalue weighted by Crippen LogP contribution is -2.52. The van der Waals surface area contributed by atoms with Crippen molar-refractivity contribution < 1.29 is 24.2 Å². The number of fused-ring (bicyclic) bond motifs is 1. The van der Waals surface area contributed by atoms with Gasteiger partial charge in [0.2, 0.25) is 11.8 Å². The number of unbranched alkanes of at least 4 members (excludes halogenated alkanes) is 2. The van der Waals surface area contributed by atoms with Crippen LogP contribution in [0.5, 0.6) is 11.5 Å². The van der Waals surface area contributed by atoms with Crippen LogP contribution < -0.4 is 15.0 Å². The van der Waals surface area contributed by atoms with E-state index < -0.39 is 11.9 Å². The first-order chi connectivity index (χ1) is 25.8. The van der Waals surface area contributed by atoms with E-state index in [0.717, 1.165) is 76.3 Å². The van der Waals surface area contributed by atoms with Crippen LogP contribution in [0.2, 0.25) is 0 Å². The molecule has 2 fully saturated rings. The van der Waals surface area contributed by atoms with Crippen molar-refractivity contribution in [2.75, 3.05) is 51.3 Å². The number of amides is 3. The van der Waals surface area contributed by atoms with Crippen molar-refractivity contribution in [1.82, 2.24) is 15.1 Å². The number of piperidine rings is 1. The Morgan fingerprint density at radius 2 is 1.58 bits per heavy atom. The summed E-state index contributed by atoms with van der Waals surface area (Å²) in [6.07, 6.45) is 5.87. The minimum Gasteiger partial charge on any atom is -0.508 e. The quantitative estimate of drug-likeness (QED) is 0.128. The summed E-state index contributed by atoms with van der Waals surface area (Å²) in [4.78, 5) is 43.0. The molecule has 2 aliphatic heterocycles. The lowest BCUT2D eigenvalue weighted by molar-refractivity contribution is -0.136. The standard InChI is InChI=1S/C44H50N4O5/c1-46(40-22-23-41(50)45-43(40)51)44(52)33-10-15-35(16-11-33)48-27-25-47(26-28-48)24-6-3-7-29-53-37-18-12-32(13-19-37)42-38(31-8-4-2-5-9-31)20-14-34-30-36(49)17-21-39(34)42/h2,4-5,8-13,15-19,21,30,38,40,42,49H,3,6-7,14,20,22-29H2,1H3,(H,45,50,51)/t38-,40-,42+/m1/s1. The summed E-state index contributed by atoms with van der Waals surface area (Å²) in [7, 11) is 1.62. The number of likely N-dealkylation sites (N-methyl/N-ethyl adjacent to an activating group) is 1. The highest BCUT2D eigenvalue weighted by atomic mass is 16.5. The molecule has 7 rings (SSSR count). The van der Waals surface area contributed by atoms with Crippen molar-refractivity contribution in [3.63, 3.8) is 0 Å². The number of ether oxygens (including phenoxy) is 1. The smallest absolute Gasteiger partial charge is 0.254 e. The van der Waals surface area contributed by atoms with Gasteiger partial charge in [0.05, 0.1) is 6.61 Å². The molecule has 3 aliphatic rings. The van der Waals surface area contributed by atoms with Crippen LogP contribution in [-0.2, 0) is 16.0 Å². The fourth-order valence-corrected chi connectivity index (χ4v) is 8.29. The predicted octanol–water partition coefficient (Wildman–Crippen LogP) is 6.50. The van der Waals surface area contributed by atoms with Gasteiger partial charge in [0.1, 0.15) is 17.5 Å². The Kier molecular flexibility index (Phi) is 11.4. The lowest BCUT2D eigenvalue weighted by atomic mass is 9.69. The number of carbonyl (C=O) groups is 3. The molecule has 0 unspecified atom stereocenters. The number of carbonyl (C=O) groups excluding carboxylic acids is 3. The van der Waals surface area contributed by atoms with Crippen LogP contribution >= 0.6 is 0 Å². The fraction of sp³-hybridized carbons (Fsp3) is 0.386. The molecule has 3 atom stereocenters. The van der Waals surface area contributed by atoms with Crippen molar-refractivity contribution >= 4 is 23.4 Å². The van der Waals surface area contributed by atoms with E-state index in [-0.39, 0.29) is 24.2 Å². The van der Waals surface area contributed by atoms with Crippen molar-refractivity contribution in [3.8, 4) is 11.5 Å². The van der Waals surface area contributed by atoms with Crippen molar-refractivity contribution in [2.45, 2.75) is 62.8 Å². The maximum Gasteiger partial charge on any atom is 0.254 e. The first-order valence-corrected chi connectivity index (χ1v) is 19.1. The molecular formula is C44H50N4O5. The molecule has 1 aliphatic carbocycles. The summed E-state index contributed by atoms with van der Waals surface area (Å²) >= 11 is 0. The number of phenols is 1. The number of hydrogen-bond acceptors (Lipinski definition) is 7. The lowest BCUT2D eigenvalue weighted by Gasteiger charge is -2.36. The van der Waals surface area contributed by atoms with Gasteiger partial charge >= 0.3 is 0 Å². The number of anilines is 1. The van der Waals surface area contributed by atoms with E-state index >= 15 is 0 Å². The maximum absolute atomic E-state index is 13.0. The van der Waals surface area contributed by atoms with Crippen LogP contribution in [0.15, 0.2) is 97.1 Å². The monoisotopic (exact) mass is 714 g/mol. The second kappa shape index (κ2) is 16.7. The van der Waals surface area contributed by atoms with Gasteiger partial charge in [0.15, 0.2) is 0 Å². The van der Waals surface area contributed by atoms with Gasteiger partial charge in [-0.25, -0.2) is 0 Å². The number of hydrogen-bond donors (Lipinski definition) is 2. The molecule has 0 aromatic heterocycles. The molecule has 0 radical (unpaired) electrons. The molecule has 2 saturated heterocycles.